The van der Waals surface area contributed by atoms with Crippen molar-refractivity contribution in [1.29, 1.82) is 0 Å². The van der Waals surface area contributed by atoms with Crippen molar-refractivity contribution in [3.8, 4) is 34.1 Å². The molecule has 3 aromatic heterocycles. The molecular formula is C32H29N7O4. The third kappa shape index (κ3) is 4.43. The highest BCUT2D eigenvalue weighted by atomic mass is 16.5. The molecule has 2 aromatic carbocycles. The van der Waals surface area contributed by atoms with Crippen molar-refractivity contribution in [2.75, 3.05) is 20.2 Å². The van der Waals surface area contributed by atoms with Crippen LogP contribution in [0.2, 0.25) is 0 Å². The molecule has 1 saturated heterocycles. The summed E-state index contributed by atoms with van der Waals surface area (Å²) in [4.78, 5) is 33.4. The summed E-state index contributed by atoms with van der Waals surface area (Å²) in [5.41, 5.74) is 4.13. The monoisotopic (exact) mass is 575 g/mol. The van der Waals surface area contributed by atoms with Gasteiger partial charge in [0.25, 0.3) is 5.91 Å². The number of benzene rings is 2. The number of carbonyl (C=O) groups is 2. The first-order valence-electron chi connectivity index (χ1n) is 14.5. The van der Waals surface area contributed by atoms with Gasteiger partial charge in [-0.2, -0.15) is 5.21 Å². The maximum atomic E-state index is 13.9. The minimum Gasteiger partial charge on any atom is -0.486 e. The van der Waals surface area contributed by atoms with Crippen LogP contribution >= 0.6 is 0 Å². The van der Waals surface area contributed by atoms with Crippen molar-refractivity contribution in [3.05, 3.63) is 72.1 Å². The second-order valence-electron chi connectivity index (χ2n) is 11.6. The summed E-state index contributed by atoms with van der Waals surface area (Å²) in [7, 11) is 1.58. The SMILES string of the molecule is COc1ccc(-c2ccc3c(c2)C(=O)CC2(CCN(C(=O)c4cc(-c5nn[nH]n5)c5ccn(C6CC6)c5c4)CC2)O3)cn1. The van der Waals surface area contributed by atoms with E-state index in [1.165, 1.54) is 0 Å². The van der Waals surface area contributed by atoms with Gasteiger partial charge in [-0.3, -0.25) is 9.59 Å². The second kappa shape index (κ2) is 9.75. The number of piperidine rings is 1. The van der Waals surface area contributed by atoms with E-state index in [-0.39, 0.29) is 18.1 Å². The zero-order valence-corrected chi connectivity index (χ0v) is 23.6. The molecule has 1 spiro atoms. The number of aromatic nitrogens is 6. The van der Waals surface area contributed by atoms with Gasteiger partial charge in [-0.1, -0.05) is 6.07 Å². The number of methoxy groups -OCH3 is 1. The Kier molecular flexibility index (Phi) is 5.82. The van der Waals surface area contributed by atoms with Crippen LogP contribution in [0.1, 0.15) is 58.9 Å². The van der Waals surface area contributed by atoms with E-state index in [2.05, 4.69) is 42.4 Å². The molecule has 43 heavy (non-hydrogen) atoms. The van der Waals surface area contributed by atoms with Crippen LogP contribution in [0.15, 0.2) is 60.9 Å². The predicted octanol–water partition coefficient (Wildman–Crippen LogP) is 4.87. The van der Waals surface area contributed by atoms with E-state index < -0.39 is 5.60 Å². The highest BCUT2D eigenvalue weighted by Crippen LogP contribution is 2.42. The van der Waals surface area contributed by atoms with E-state index in [4.69, 9.17) is 9.47 Å². The number of likely N-dealkylation sites (tertiary alicyclic amines) is 1. The zero-order valence-electron chi connectivity index (χ0n) is 23.6. The fourth-order valence-corrected chi connectivity index (χ4v) is 6.44. The number of amides is 1. The Morgan fingerprint density at radius 2 is 1.88 bits per heavy atom. The van der Waals surface area contributed by atoms with Crippen LogP contribution in [0, 0.1) is 0 Å². The zero-order chi connectivity index (χ0) is 29.1. The molecule has 8 rings (SSSR count). The Labute approximate surface area is 246 Å². The molecule has 2 aliphatic heterocycles. The Balaban J connectivity index is 1.02. The van der Waals surface area contributed by atoms with E-state index in [0.29, 0.717) is 60.6 Å². The molecule has 216 valence electrons. The number of Topliss-reactive ketones (excluding diaryl/α,β-unsaturated/α-hetero) is 1. The molecule has 0 bridgehead atoms. The summed E-state index contributed by atoms with van der Waals surface area (Å²) in [6.45, 7) is 0.993. The van der Waals surface area contributed by atoms with Gasteiger partial charge in [0.2, 0.25) is 11.7 Å². The number of nitrogens with one attached hydrogen (secondary N) is 1. The molecule has 1 saturated carbocycles. The number of hydrogen-bond donors (Lipinski definition) is 1. The van der Waals surface area contributed by atoms with Gasteiger partial charge in [0.05, 0.1) is 19.1 Å². The van der Waals surface area contributed by atoms with Crippen molar-refractivity contribution >= 4 is 22.6 Å². The molecule has 5 heterocycles. The van der Waals surface area contributed by atoms with Crippen molar-refractivity contribution < 1.29 is 19.1 Å². The number of rotatable bonds is 5. The average Bonchev–Trinajstić information content (AvgIpc) is 3.54. The third-order valence-electron chi connectivity index (χ3n) is 8.94. The first-order valence-corrected chi connectivity index (χ1v) is 14.5. The van der Waals surface area contributed by atoms with E-state index in [1.54, 1.807) is 19.4 Å². The fraction of sp³-hybridized carbons (Fsp3) is 0.312. The number of hydrogen-bond acceptors (Lipinski definition) is 8. The van der Waals surface area contributed by atoms with Gasteiger partial charge in [0, 0.05) is 78.0 Å². The number of aromatic amines is 1. The third-order valence-corrected chi connectivity index (χ3v) is 8.94. The van der Waals surface area contributed by atoms with Gasteiger partial charge >= 0.3 is 0 Å². The molecule has 0 unspecified atom stereocenters. The lowest BCUT2D eigenvalue weighted by atomic mass is 9.82. The van der Waals surface area contributed by atoms with Crippen LogP contribution in [-0.2, 0) is 0 Å². The van der Waals surface area contributed by atoms with Crippen LogP contribution in [0.5, 0.6) is 11.6 Å². The van der Waals surface area contributed by atoms with Crippen LogP contribution in [-0.4, -0.2) is 72.6 Å². The Morgan fingerprint density at radius 3 is 2.60 bits per heavy atom. The highest BCUT2D eigenvalue weighted by molar-refractivity contribution is 6.04. The van der Waals surface area contributed by atoms with Gasteiger partial charge < -0.3 is 18.9 Å². The van der Waals surface area contributed by atoms with Crippen molar-refractivity contribution in [2.24, 2.45) is 0 Å². The summed E-state index contributed by atoms with van der Waals surface area (Å²) in [5.74, 6) is 1.60. The van der Waals surface area contributed by atoms with Gasteiger partial charge in [-0.05, 0) is 60.0 Å². The average molecular weight is 576 g/mol. The summed E-state index contributed by atoms with van der Waals surface area (Å²) in [6.07, 6.45) is 7.52. The number of fused-ring (bicyclic) bond motifs is 2. The first-order chi connectivity index (χ1) is 21.0. The molecular weight excluding hydrogens is 546 g/mol. The smallest absolute Gasteiger partial charge is 0.253 e. The number of ketones is 1. The molecule has 1 aliphatic carbocycles. The van der Waals surface area contributed by atoms with Crippen LogP contribution in [0.25, 0.3) is 33.4 Å². The highest BCUT2D eigenvalue weighted by Gasteiger charge is 2.44. The molecule has 5 aromatic rings. The standard InChI is InChI=1S/C32H29N7O4/c1-42-29-7-3-20(18-33-29)19-2-6-28-25(14-19)27(40)17-32(43-28)9-12-38(13-10-32)31(41)21-15-24(30-34-36-37-35-30)23-8-11-39(22-4-5-22)26(23)16-21/h2-3,6-8,11,14-16,18,22H,4-5,9-10,12-13,17H2,1H3,(H,34,35,36,37). The second-order valence-corrected chi connectivity index (χ2v) is 11.6. The van der Waals surface area contributed by atoms with E-state index in [9.17, 15) is 9.59 Å². The fourth-order valence-electron chi connectivity index (χ4n) is 6.44. The molecule has 0 atom stereocenters. The molecule has 1 amide bonds. The first kappa shape index (κ1) is 25.6. The number of ether oxygens (including phenoxy) is 2. The number of nitrogens with zero attached hydrogens (tertiary/aromatic N) is 6. The maximum Gasteiger partial charge on any atom is 0.253 e. The number of pyridine rings is 1. The minimum absolute atomic E-state index is 0.0506. The molecule has 11 nitrogen and oxygen atoms in total. The Morgan fingerprint density at radius 1 is 1.05 bits per heavy atom. The Hall–Kier alpha value is -5.06. The number of H-pyrrole nitrogens is 1. The summed E-state index contributed by atoms with van der Waals surface area (Å²) >= 11 is 0. The largest absolute Gasteiger partial charge is 0.486 e. The van der Waals surface area contributed by atoms with Crippen molar-refractivity contribution in [3.63, 3.8) is 0 Å². The van der Waals surface area contributed by atoms with Crippen molar-refractivity contribution in [2.45, 2.75) is 43.7 Å². The Bertz CT molecular complexity index is 1870. The maximum absolute atomic E-state index is 13.9. The van der Waals surface area contributed by atoms with E-state index >= 15 is 0 Å². The minimum atomic E-state index is -0.621. The van der Waals surface area contributed by atoms with Crippen LogP contribution < -0.4 is 9.47 Å². The quantitative estimate of drug-likeness (QED) is 0.315. The number of carbonyl (C=O) groups excluding carboxylic acids is 2. The summed E-state index contributed by atoms with van der Waals surface area (Å²) in [5, 5.41) is 15.6. The van der Waals surface area contributed by atoms with Gasteiger partial charge in [-0.15, -0.1) is 10.2 Å². The molecule has 3 aliphatic rings. The topological polar surface area (TPSA) is 128 Å². The molecule has 11 heteroatoms. The lowest BCUT2D eigenvalue weighted by Crippen LogP contribution is -2.52. The van der Waals surface area contributed by atoms with E-state index in [0.717, 1.165) is 40.4 Å². The van der Waals surface area contributed by atoms with Gasteiger partial charge in [0.15, 0.2) is 5.78 Å². The van der Waals surface area contributed by atoms with Crippen LogP contribution in [0.3, 0.4) is 0 Å². The summed E-state index contributed by atoms with van der Waals surface area (Å²) < 4.78 is 13.9. The predicted molar refractivity (Wildman–Crippen MR) is 157 cm³/mol. The van der Waals surface area contributed by atoms with Crippen molar-refractivity contribution in [1.82, 2.24) is 35.1 Å². The van der Waals surface area contributed by atoms with Gasteiger partial charge in [-0.25, -0.2) is 4.98 Å². The van der Waals surface area contributed by atoms with Crippen LogP contribution in [0.4, 0.5) is 0 Å². The molecule has 1 N–H and O–H groups in total. The van der Waals surface area contributed by atoms with E-state index in [1.807, 2.05) is 41.3 Å². The normalized spacial score (nSPS) is 17.6. The number of tetrazole rings is 1. The lowest BCUT2D eigenvalue weighted by Gasteiger charge is -2.44. The molecule has 0 radical (unpaired) electrons. The van der Waals surface area contributed by atoms with Gasteiger partial charge in [0.1, 0.15) is 11.4 Å². The lowest BCUT2D eigenvalue weighted by molar-refractivity contribution is -0.00569. The molecule has 2 fully saturated rings. The summed E-state index contributed by atoms with van der Waals surface area (Å²) in [6, 6.07) is 15.8.